The Hall–Kier alpha value is -1.02. The molecule has 0 atom stereocenters. The van der Waals surface area contributed by atoms with Crippen molar-refractivity contribution in [1.29, 1.82) is 0 Å². The molecule has 1 N–H and O–H groups in total. The Balaban J connectivity index is 1.82. The zero-order valence-corrected chi connectivity index (χ0v) is 10.3. The summed E-state index contributed by atoms with van der Waals surface area (Å²) in [5.74, 6) is 1.74. The monoisotopic (exact) mass is 218 g/mol. The Morgan fingerprint density at radius 2 is 1.75 bits per heavy atom. The van der Waals surface area contributed by atoms with Crippen molar-refractivity contribution in [3.63, 3.8) is 0 Å². The highest BCUT2D eigenvalue weighted by Crippen LogP contribution is 2.24. The van der Waals surface area contributed by atoms with Gasteiger partial charge >= 0.3 is 0 Å². The van der Waals surface area contributed by atoms with Gasteiger partial charge in [0.1, 0.15) is 0 Å². The van der Waals surface area contributed by atoms with E-state index in [2.05, 4.69) is 54.6 Å². The van der Waals surface area contributed by atoms with Gasteiger partial charge in [-0.3, -0.25) is 0 Å². The van der Waals surface area contributed by atoms with Gasteiger partial charge in [-0.15, -0.1) is 0 Å². The number of benzene rings is 1. The molecule has 1 fully saturated rings. The van der Waals surface area contributed by atoms with Crippen molar-refractivity contribution in [3.05, 3.63) is 30.3 Å². The van der Waals surface area contributed by atoms with Crippen molar-refractivity contribution in [3.8, 4) is 0 Å². The number of hydrogen-bond donors (Lipinski definition) is 1. The molecule has 2 rings (SSSR count). The van der Waals surface area contributed by atoms with Crippen LogP contribution in [0.1, 0.15) is 26.7 Å². The van der Waals surface area contributed by atoms with Crippen molar-refractivity contribution in [2.24, 2.45) is 11.8 Å². The van der Waals surface area contributed by atoms with Crippen LogP contribution in [0.5, 0.6) is 0 Å². The van der Waals surface area contributed by atoms with E-state index >= 15 is 0 Å². The van der Waals surface area contributed by atoms with Gasteiger partial charge in [0.05, 0.1) is 0 Å². The van der Waals surface area contributed by atoms with Crippen molar-refractivity contribution in [1.82, 2.24) is 5.01 Å². The number of hydrazine groups is 1. The standard InChI is InChI=1S/C14H22N2/c1-12(2)13-8-10-16(11-9-13)15-14-6-4-3-5-7-14/h3-7,12-13,15H,8-11H2,1-2H3. The molecule has 0 aliphatic carbocycles. The molecule has 88 valence electrons. The first-order valence-corrected chi connectivity index (χ1v) is 6.32. The summed E-state index contributed by atoms with van der Waals surface area (Å²) in [5, 5.41) is 2.34. The third kappa shape index (κ3) is 2.99. The Kier molecular flexibility index (Phi) is 3.83. The molecule has 1 aromatic carbocycles. The number of nitrogens with zero attached hydrogens (tertiary/aromatic N) is 1. The highest BCUT2D eigenvalue weighted by molar-refractivity contribution is 5.41. The first kappa shape index (κ1) is 11.5. The molecule has 1 aliphatic heterocycles. The van der Waals surface area contributed by atoms with E-state index in [1.165, 1.54) is 18.5 Å². The van der Waals surface area contributed by atoms with Crippen molar-refractivity contribution in [2.75, 3.05) is 18.5 Å². The van der Waals surface area contributed by atoms with Crippen molar-refractivity contribution >= 4 is 5.69 Å². The van der Waals surface area contributed by atoms with E-state index in [9.17, 15) is 0 Å². The fourth-order valence-corrected chi connectivity index (χ4v) is 2.37. The van der Waals surface area contributed by atoms with Gasteiger partial charge in [0.25, 0.3) is 0 Å². The normalized spacial score (nSPS) is 18.9. The second-order valence-corrected chi connectivity index (χ2v) is 5.05. The zero-order chi connectivity index (χ0) is 11.4. The maximum atomic E-state index is 3.47. The van der Waals surface area contributed by atoms with Gasteiger partial charge in [0, 0.05) is 18.8 Å². The number of nitrogens with one attached hydrogen (secondary N) is 1. The molecule has 0 amide bonds. The lowest BCUT2D eigenvalue weighted by Gasteiger charge is -2.34. The van der Waals surface area contributed by atoms with E-state index in [4.69, 9.17) is 0 Å². The SMILES string of the molecule is CC(C)C1CCN(Nc2ccccc2)CC1. The molecule has 0 bridgehead atoms. The third-order valence-electron chi connectivity index (χ3n) is 3.54. The minimum absolute atomic E-state index is 0.832. The van der Waals surface area contributed by atoms with E-state index in [1.54, 1.807) is 0 Å². The van der Waals surface area contributed by atoms with Gasteiger partial charge in [0.2, 0.25) is 0 Å². The fraction of sp³-hybridized carbons (Fsp3) is 0.571. The van der Waals surface area contributed by atoms with Gasteiger partial charge in [-0.2, -0.15) is 0 Å². The van der Waals surface area contributed by atoms with Crippen LogP contribution in [0.2, 0.25) is 0 Å². The number of rotatable bonds is 3. The Bertz CT molecular complexity index is 300. The van der Waals surface area contributed by atoms with Crippen LogP contribution in [0.3, 0.4) is 0 Å². The number of para-hydroxylation sites is 1. The molecule has 0 radical (unpaired) electrons. The Labute approximate surface area is 98.6 Å². The van der Waals surface area contributed by atoms with Crippen molar-refractivity contribution in [2.45, 2.75) is 26.7 Å². The summed E-state index contributed by atoms with van der Waals surface area (Å²) in [6.45, 7) is 7.01. The second kappa shape index (κ2) is 5.35. The third-order valence-corrected chi connectivity index (χ3v) is 3.54. The fourth-order valence-electron chi connectivity index (χ4n) is 2.37. The van der Waals surface area contributed by atoms with Gasteiger partial charge in [-0.05, 0) is 36.8 Å². The smallest absolute Gasteiger partial charge is 0.0490 e. The number of hydrogen-bond acceptors (Lipinski definition) is 2. The van der Waals surface area contributed by atoms with Gasteiger partial charge in [-0.25, -0.2) is 5.01 Å². The van der Waals surface area contributed by atoms with Crippen LogP contribution >= 0.6 is 0 Å². The molecule has 2 nitrogen and oxygen atoms in total. The molecule has 0 aromatic heterocycles. The average Bonchev–Trinajstić information content (AvgIpc) is 2.31. The predicted octanol–water partition coefficient (Wildman–Crippen LogP) is 3.38. The summed E-state index contributed by atoms with van der Waals surface area (Å²) in [5.41, 5.74) is 4.67. The summed E-state index contributed by atoms with van der Waals surface area (Å²) in [4.78, 5) is 0. The summed E-state index contributed by atoms with van der Waals surface area (Å²) in [7, 11) is 0. The molecule has 1 aromatic rings. The predicted molar refractivity (Wildman–Crippen MR) is 69.2 cm³/mol. The molecule has 1 saturated heterocycles. The quantitative estimate of drug-likeness (QED) is 0.836. The highest BCUT2D eigenvalue weighted by Gasteiger charge is 2.21. The summed E-state index contributed by atoms with van der Waals surface area (Å²) >= 11 is 0. The summed E-state index contributed by atoms with van der Waals surface area (Å²) in [6, 6.07) is 10.4. The molecule has 0 saturated carbocycles. The second-order valence-electron chi connectivity index (χ2n) is 5.05. The van der Waals surface area contributed by atoms with E-state index in [-0.39, 0.29) is 0 Å². The van der Waals surface area contributed by atoms with Gasteiger partial charge in [0.15, 0.2) is 0 Å². The molecule has 0 spiro atoms. The highest BCUT2D eigenvalue weighted by atomic mass is 15.5. The minimum Gasteiger partial charge on any atom is -0.319 e. The molecule has 1 heterocycles. The van der Waals surface area contributed by atoms with Crippen LogP contribution in [-0.2, 0) is 0 Å². The van der Waals surface area contributed by atoms with Crippen LogP contribution in [-0.4, -0.2) is 18.1 Å². The maximum Gasteiger partial charge on any atom is 0.0490 e. The topological polar surface area (TPSA) is 15.3 Å². The Morgan fingerprint density at radius 3 is 2.31 bits per heavy atom. The lowest BCUT2D eigenvalue weighted by molar-refractivity contribution is 0.183. The van der Waals surface area contributed by atoms with E-state index < -0.39 is 0 Å². The van der Waals surface area contributed by atoms with Gasteiger partial charge < -0.3 is 5.43 Å². The summed E-state index contributed by atoms with van der Waals surface area (Å²) in [6.07, 6.45) is 2.63. The van der Waals surface area contributed by atoms with Crippen LogP contribution in [0.25, 0.3) is 0 Å². The molecule has 2 heteroatoms. The summed E-state index contributed by atoms with van der Waals surface area (Å²) < 4.78 is 0. The molecule has 0 unspecified atom stereocenters. The largest absolute Gasteiger partial charge is 0.319 e. The first-order chi connectivity index (χ1) is 7.75. The molecular weight excluding hydrogens is 196 g/mol. The molecular formula is C14H22N2. The van der Waals surface area contributed by atoms with Crippen LogP contribution in [0.4, 0.5) is 5.69 Å². The lowest BCUT2D eigenvalue weighted by Crippen LogP contribution is -2.39. The van der Waals surface area contributed by atoms with Crippen LogP contribution in [0.15, 0.2) is 30.3 Å². The first-order valence-electron chi connectivity index (χ1n) is 6.32. The molecule has 16 heavy (non-hydrogen) atoms. The number of piperidine rings is 1. The minimum atomic E-state index is 0.832. The molecule has 1 aliphatic rings. The maximum absolute atomic E-state index is 3.47. The van der Waals surface area contributed by atoms with Gasteiger partial charge in [-0.1, -0.05) is 32.0 Å². The number of anilines is 1. The van der Waals surface area contributed by atoms with Crippen molar-refractivity contribution < 1.29 is 0 Å². The zero-order valence-electron chi connectivity index (χ0n) is 10.3. The Morgan fingerprint density at radius 1 is 1.12 bits per heavy atom. The van der Waals surface area contributed by atoms with Crippen LogP contribution in [0, 0.1) is 11.8 Å². The lowest BCUT2D eigenvalue weighted by atomic mass is 9.87. The van der Waals surface area contributed by atoms with Crippen LogP contribution < -0.4 is 5.43 Å². The average molecular weight is 218 g/mol. The van der Waals surface area contributed by atoms with E-state index in [0.717, 1.165) is 24.9 Å². The van der Waals surface area contributed by atoms with E-state index in [0.29, 0.717) is 0 Å². The van der Waals surface area contributed by atoms with E-state index in [1.807, 2.05) is 0 Å².